The zero-order chi connectivity index (χ0) is 25.5. The summed E-state index contributed by atoms with van der Waals surface area (Å²) in [7, 11) is 1.86. The van der Waals surface area contributed by atoms with Gasteiger partial charge in [-0.25, -0.2) is 0 Å². The Bertz CT molecular complexity index is 987. The van der Waals surface area contributed by atoms with Gasteiger partial charge < -0.3 is 15.0 Å². The van der Waals surface area contributed by atoms with Gasteiger partial charge in [-0.05, 0) is 100.0 Å². The zero-order valence-electron chi connectivity index (χ0n) is 21.5. The fourth-order valence-electron chi connectivity index (χ4n) is 5.54. The van der Waals surface area contributed by atoms with Crippen LogP contribution < -0.4 is 10.1 Å². The number of ether oxygens (including phenoxy) is 1. The minimum Gasteiger partial charge on any atom is -0.492 e. The lowest BCUT2D eigenvalue weighted by atomic mass is 9.88. The van der Waals surface area contributed by atoms with E-state index >= 15 is 0 Å². The second kappa shape index (κ2) is 13.1. The first-order valence-electron chi connectivity index (χ1n) is 13.3. The lowest BCUT2D eigenvalue weighted by Crippen LogP contribution is -2.49. The highest BCUT2D eigenvalue weighted by Gasteiger charge is 2.30. The molecule has 0 radical (unpaired) electrons. The molecule has 2 aromatic carbocycles. The molecule has 0 aliphatic carbocycles. The van der Waals surface area contributed by atoms with Crippen LogP contribution in [0, 0.1) is 0 Å². The van der Waals surface area contributed by atoms with E-state index in [1.54, 1.807) is 0 Å². The van der Waals surface area contributed by atoms with Gasteiger partial charge in [-0.3, -0.25) is 9.69 Å². The third kappa shape index (κ3) is 6.95. The summed E-state index contributed by atoms with van der Waals surface area (Å²) < 4.78 is 6.42. The molecule has 1 amide bonds. The van der Waals surface area contributed by atoms with E-state index in [0.717, 1.165) is 43.7 Å². The van der Waals surface area contributed by atoms with E-state index in [2.05, 4.69) is 23.2 Å². The maximum atomic E-state index is 13.3. The van der Waals surface area contributed by atoms with Gasteiger partial charge >= 0.3 is 0 Å². The maximum Gasteiger partial charge on any atom is 0.240 e. The predicted molar refractivity (Wildman–Crippen MR) is 148 cm³/mol. The minimum absolute atomic E-state index is 0.162. The number of hydrogen-bond acceptors (Lipinski definition) is 4. The normalized spacial score (nSPS) is 18.8. The lowest BCUT2D eigenvalue weighted by Gasteiger charge is -2.35. The predicted octanol–water partition coefficient (Wildman–Crippen LogP) is 5.78. The molecule has 7 heteroatoms. The maximum absolute atomic E-state index is 13.3. The Labute approximate surface area is 226 Å². The highest BCUT2D eigenvalue weighted by atomic mass is 35.5. The van der Waals surface area contributed by atoms with Crippen molar-refractivity contribution in [2.75, 3.05) is 39.8 Å². The SMILES string of the molecule is CC[C@@H](COc1cc(Cl)ccc1C1CCN(C(=O)[C@@H](Cc2ccc(Cl)cc2)NC)CC1)N1CCCC1. The molecule has 5 nitrogen and oxygen atoms in total. The summed E-state index contributed by atoms with van der Waals surface area (Å²) in [6.07, 6.45) is 6.14. The lowest BCUT2D eigenvalue weighted by molar-refractivity contribution is -0.134. The van der Waals surface area contributed by atoms with Crippen LogP contribution in [0.4, 0.5) is 0 Å². The third-order valence-corrected chi connectivity index (χ3v) is 8.27. The van der Waals surface area contributed by atoms with Crippen molar-refractivity contribution in [2.24, 2.45) is 0 Å². The molecule has 0 saturated carbocycles. The van der Waals surface area contributed by atoms with Gasteiger partial charge in [0.05, 0.1) is 6.04 Å². The highest BCUT2D eigenvalue weighted by molar-refractivity contribution is 6.30. The van der Waals surface area contributed by atoms with E-state index in [4.69, 9.17) is 27.9 Å². The van der Waals surface area contributed by atoms with E-state index in [1.807, 2.05) is 48.3 Å². The van der Waals surface area contributed by atoms with Crippen LogP contribution in [0.15, 0.2) is 42.5 Å². The average Bonchev–Trinajstić information content (AvgIpc) is 3.43. The van der Waals surface area contributed by atoms with E-state index in [1.165, 1.54) is 31.5 Å². The summed E-state index contributed by atoms with van der Waals surface area (Å²) >= 11 is 12.4. The van der Waals surface area contributed by atoms with Crippen molar-refractivity contribution in [3.8, 4) is 5.75 Å². The molecule has 36 heavy (non-hydrogen) atoms. The molecule has 2 aliphatic heterocycles. The molecule has 2 heterocycles. The molecule has 0 spiro atoms. The number of nitrogens with zero attached hydrogens (tertiary/aromatic N) is 2. The van der Waals surface area contributed by atoms with Crippen LogP contribution in [0.25, 0.3) is 0 Å². The number of likely N-dealkylation sites (tertiary alicyclic amines) is 2. The first-order chi connectivity index (χ1) is 17.5. The van der Waals surface area contributed by atoms with E-state index in [-0.39, 0.29) is 11.9 Å². The van der Waals surface area contributed by atoms with Crippen LogP contribution in [0.2, 0.25) is 10.0 Å². The second-order valence-corrected chi connectivity index (χ2v) is 10.9. The largest absolute Gasteiger partial charge is 0.492 e. The van der Waals surface area contributed by atoms with Crippen LogP contribution in [-0.2, 0) is 11.2 Å². The Morgan fingerprint density at radius 1 is 1.03 bits per heavy atom. The minimum atomic E-state index is -0.242. The number of piperidine rings is 1. The Morgan fingerprint density at radius 3 is 2.33 bits per heavy atom. The summed E-state index contributed by atoms with van der Waals surface area (Å²) in [5, 5.41) is 4.63. The van der Waals surface area contributed by atoms with Crippen LogP contribution >= 0.6 is 23.2 Å². The topological polar surface area (TPSA) is 44.8 Å². The molecule has 2 aliphatic rings. The monoisotopic (exact) mass is 531 g/mol. The van der Waals surface area contributed by atoms with Crippen molar-refractivity contribution in [1.82, 2.24) is 15.1 Å². The van der Waals surface area contributed by atoms with Gasteiger partial charge in [0.1, 0.15) is 12.4 Å². The number of benzene rings is 2. The average molecular weight is 533 g/mol. The number of halogens is 2. The first-order valence-corrected chi connectivity index (χ1v) is 14.1. The Hall–Kier alpha value is -1.79. The Morgan fingerprint density at radius 2 is 1.69 bits per heavy atom. The number of carbonyl (C=O) groups is 1. The number of likely N-dealkylation sites (N-methyl/N-ethyl adjacent to an activating group) is 1. The van der Waals surface area contributed by atoms with E-state index in [9.17, 15) is 4.79 Å². The molecule has 2 aromatic rings. The summed E-state index contributed by atoms with van der Waals surface area (Å²) in [5.41, 5.74) is 2.32. The molecular weight excluding hydrogens is 493 g/mol. The molecule has 2 atom stereocenters. The zero-order valence-corrected chi connectivity index (χ0v) is 23.0. The summed E-state index contributed by atoms with van der Waals surface area (Å²) in [5.74, 6) is 1.42. The summed E-state index contributed by atoms with van der Waals surface area (Å²) in [6, 6.07) is 14.0. The number of carbonyl (C=O) groups excluding carboxylic acids is 1. The molecule has 4 rings (SSSR count). The first kappa shape index (κ1) is 27.3. The fourth-order valence-corrected chi connectivity index (χ4v) is 5.83. The Kier molecular flexibility index (Phi) is 9.95. The summed E-state index contributed by atoms with van der Waals surface area (Å²) in [4.78, 5) is 17.8. The molecule has 0 unspecified atom stereocenters. The van der Waals surface area contributed by atoms with Crippen molar-refractivity contribution in [1.29, 1.82) is 0 Å². The van der Waals surface area contributed by atoms with Gasteiger partial charge in [0, 0.05) is 29.2 Å². The molecule has 0 bridgehead atoms. The van der Waals surface area contributed by atoms with Crippen molar-refractivity contribution in [3.05, 3.63) is 63.6 Å². The van der Waals surface area contributed by atoms with Gasteiger partial charge in [-0.2, -0.15) is 0 Å². The van der Waals surface area contributed by atoms with Crippen LogP contribution in [0.5, 0.6) is 5.75 Å². The fraction of sp³-hybridized carbons (Fsp3) is 0.552. The third-order valence-electron chi connectivity index (χ3n) is 7.78. The van der Waals surface area contributed by atoms with Gasteiger partial charge in [-0.15, -0.1) is 0 Å². The number of amides is 1. The van der Waals surface area contributed by atoms with E-state index < -0.39 is 0 Å². The van der Waals surface area contributed by atoms with Crippen molar-refractivity contribution < 1.29 is 9.53 Å². The van der Waals surface area contributed by atoms with Gasteiger partial charge in [-0.1, -0.05) is 48.3 Å². The quantitative estimate of drug-likeness (QED) is 0.421. The molecule has 1 N–H and O–H groups in total. The number of nitrogens with one attached hydrogen (secondary N) is 1. The van der Waals surface area contributed by atoms with Gasteiger partial charge in [0.2, 0.25) is 5.91 Å². The summed E-state index contributed by atoms with van der Waals surface area (Å²) in [6.45, 7) is 6.76. The number of rotatable bonds is 10. The molecular formula is C29H39Cl2N3O2. The molecule has 2 fully saturated rings. The number of hydrogen-bond donors (Lipinski definition) is 1. The Balaban J connectivity index is 1.36. The highest BCUT2D eigenvalue weighted by Crippen LogP contribution is 2.36. The smallest absolute Gasteiger partial charge is 0.240 e. The van der Waals surface area contributed by atoms with Crippen LogP contribution in [0.1, 0.15) is 56.1 Å². The van der Waals surface area contributed by atoms with Crippen molar-refractivity contribution in [3.63, 3.8) is 0 Å². The molecule has 196 valence electrons. The van der Waals surface area contributed by atoms with Crippen molar-refractivity contribution in [2.45, 2.75) is 63.5 Å². The van der Waals surface area contributed by atoms with Gasteiger partial charge in [0.15, 0.2) is 0 Å². The van der Waals surface area contributed by atoms with Gasteiger partial charge in [0.25, 0.3) is 0 Å². The standard InChI is InChI=1S/C29H39Cl2N3O2/c1-3-25(33-14-4-5-15-33)20-36-28-19-24(31)10-11-26(28)22-12-16-34(17-13-22)29(35)27(32-2)18-21-6-8-23(30)9-7-21/h6-11,19,22,25,27,32H,3-5,12-18,20H2,1-2H3/t25-,27+/m0/s1. The molecule has 2 saturated heterocycles. The second-order valence-electron chi connectivity index (χ2n) is 10.1. The molecule has 0 aromatic heterocycles. The van der Waals surface area contributed by atoms with Crippen LogP contribution in [-0.4, -0.2) is 67.6 Å². The van der Waals surface area contributed by atoms with Crippen LogP contribution in [0.3, 0.4) is 0 Å². The van der Waals surface area contributed by atoms with Crippen molar-refractivity contribution >= 4 is 29.1 Å². The van der Waals surface area contributed by atoms with E-state index in [0.29, 0.717) is 35.0 Å².